The van der Waals surface area contributed by atoms with Crippen molar-refractivity contribution in [3.8, 4) is 11.3 Å². The number of carbonyl (C=O) groups is 1. The molecule has 0 aliphatic carbocycles. The Labute approximate surface area is 124 Å². The predicted octanol–water partition coefficient (Wildman–Crippen LogP) is 2.31. The second kappa shape index (κ2) is 7.04. The number of carbonyl (C=O) groups excluding carboxylic acids is 1. The molecule has 0 bridgehead atoms. The third-order valence-electron chi connectivity index (χ3n) is 3.37. The van der Waals surface area contributed by atoms with Crippen molar-refractivity contribution in [1.29, 1.82) is 0 Å². The molecule has 2 rings (SSSR count). The standard InChI is InChI=1S/C16H21N3O2/c1-12(2)19(9-6-10-20)16(21)14-11-17-18-15(14)13-7-4-3-5-8-13/h3-5,7-8,11-12,20H,6,9-10H2,1-2H3,(H,17,18). The van der Waals surface area contributed by atoms with Crippen molar-refractivity contribution in [3.05, 3.63) is 42.1 Å². The molecule has 1 amide bonds. The van der Waals surface area contributed by atoms with Gasteiger partial charge in [-0.05, 0) is 20.3 Å². The van der Waals surface area contributed by atoms with Crippen molar-refractivity contribution in [2.75, 3.05) is 13.2 Å². The van der Waals surface area contributed by atoms with Crippen LogP contribution in [0, 0.1) is 0 Å². The van der Waals surface area contributed by atoms with Gasteiger partial charge >= 0.3 is 0 Å². The maximum Gasteiger partial charge on any atom is 0.257 e. The minimum atomic E-state index is -0.0638. The first-order valence-electron chi connectivity index (χ1n) is 7.15. The summed E-state index contributed by atoms with van der Waals surface area (Å²) < 4.78 is 0. The third kappa shape index (κ3) is 3.49. The van der Waals surface area contributed by atoms with Crippen molar-refractivity contribution >= 4 is 5.91 Å². The molecule has 0 unspecified atom stereocenters. The van der Waals surface area contributed by atoms with Crippen molar-refractivity contribution in [1.82, 2.24) is 15.1 Å². The molecule has 1 heterocycles. The molecule has 5 heteroatoms. The van der Waals surface area contributed by atoms with E-state index in [2.05, 4.69) is 10.2 Å². The highest BCUT2D eigenvalue weighted by Crippen LogP contribution is 2.22. The van der Waals surface area contributed by atoms with Crippen LogP contribution in [0.5, 0.6) is 0 Å². The van der Waals surface area contributed by atoms with Crippen molar-refractivity contribution in [2.24, 2.45) is 0 Å². The summed E-state index contributed by atoms with van der Waals surface area (Å²) in [5.41, 5.74) is 2.23. The molecule has 0 radical (unpaired) electrons. The molecular formula is C16H21N3O2. The second-order valence-corrected chi connectivity index (χ2v) is 5.19. The van der Waals surface area contributed by atoms with Gasteiger partial charge in [-0.3, -0.25) is 9.89 Å². The Bertz CT molecular complexity index is 578. The number of aromatic amines is 1. The van der Waals surface area contributed by atoms with Crippen LogP contribution in [0.4, 0.5) is 0 Å². The molecule has 1 aromatic heterocycles. The summed E-state index contributed by atoms with van der Waals surface area (Å²) >= 11 is 0. The summed E-state index contributed by atoms with van der Waals surface area (Å²) in [6, 6.07) is 9.74. The molecule has 1 aromatic carbocycles. The molecule has 0 fully saturated rings. The number of hydrogen-bond acceptors (Lipinski definition) is 3. The molecule has 0 atom stereocenters. The van der Waals surface area contributed by atoms with Crippen LogP contribution in [0.2, 0.25) is 0 Å². The van der Waals surface area contributed by atoms with Crippen molar-refractivity contribution in [2.45, 2.75) is 26.3 Å². The molecule has 21 heavy (non-hydrogen) atoms. The fourth-order valence-corrected chi connectivity index (χ4v) is 2.26. The topological polar surface area (TPSA) is 69.2 Å². The zero-order chi connectivity index (χ0) is 15.2. The van der Waals surface area contributed by atoms with E-state index in [4.69, 9.17) is 5.11 Å². The first-order chi connectivity index (χ1) is 10.1. The van der Waals surface area contributed by atoms with E-state index in [1.54, 1.807) is 11.1 Å². The van der Waals surface area contributed by atoms with Crippen molar-refractivity contribution < 1.29 is 9.90 Å². The smallest absolute Gasteiger partial charge is 0.257 e. The lowest BCUT2D eigenvalue weighted by molar-refractivity contribution is 0.0694. The summed E-state index contributed by atoms with van der Waals surface area (Å²) in [5.74, 6) is -0.0638. The first kappa shape index (κ1) is 15.3. The van der Waals surface area contributed by atoms with Crippen LogP contribution in [-0.2, 0) is 0 Å². The van der Waals surface area contributed by atoms with Gasteiger partial charge in [-0.1, -0.05) is 30.3 Å². The number of nitrogens with zero attached hydrogens (tertiary/aromatic N) is 2. The molecule has 112 valence electrons. The molecular weight excluding hydrogens is 266 g/mol. The van der Waals surface area contributed by atoms with E-state index < -0.39 is 0 Å². The number of aliphatic hydroxyl groups excluding tert-OH is 1. The number of aromatic nitrogens is 2. The van der Waals surface area contributed by atoms with Crippen LogP contribution in [0.25, 0.3) is 11.3 Å². The normalized spacial score (nSPS) is 10.9. The van der Waals surface area contributed by atoms with Gasteiger partial charge in [0, 0.05) is 24.8 Å². The highest BCUT2D eigenvalue weighted by atomic mass is 16.3. The van der Waals surface area contributed by atoms with Crippen LogP contribution >= 0.6 is 0 Å². The summed E-state index contributed by atoms with van der Waals surface area (Å²) in [7, 11) is 0. The molecule has 0 saturated heterocycles. The van der Waals surface area contributed by atoms with Gasteiger partial charge in [-0.2, -0.15) is 5.10 Å². The fourth-order valence-electron chi connectivity index (χ4n) is 2.26. The Morgan fingerprint density at radius 1 is 1.33 bits per heavy atom. The van der Waals surface area contributed by atoms with Gasteiger partial charge in [-0.25, -0.2) is 0 Å². The lowest BCUT2D eigenvalue weighted by Gasteiger charge is -2.26. The van der Waals surface area contributed by atoms with Crippen LogP contribution in [0.15, 0.2) is 36.5 Å². The number of H-pyrrole nitrogens is 1. The highest BCUT2D eigenvalue weighted by molar-refractivity contribution is 5.99. The Kier molecular flexibility index (Phi) is 5.11. The van der Waals surface area contributed by atoms with E-state index in [0.29, 0.717) is 18.5 Å². The van der Waals surface area contributed by atoms with E-state index in [-0.39, 0.29) is 18.6 Å². The number of hydrogen-bond donors (Lipinski definition) is 2. The summed E-state index contributed by atoms with van der Waals surface area (Å²) in [6.45, 7) is 4.55. The predicted molar refractivity (Wildman–Crippen MR) is 81.9 cm³/mol. The Morgan fingerprint density at radius 2 is 2.05 bits per heavy atom. The van der Waals surface area contributed by atoms with E-state index >= 15 is 0 Å². The monoisotopic (exact) mass is 287 g/mol. The van der Waals surface area contributed by atoms with E-state index in [0.717, 1.165) is 11.3 Å². The number of rotatable bonds is 6. The first-order valence-corrected chi connectivity index (χ1v) is 7.15. The highest BCUT2D eigenvalue weighted by Gasteiger charge is 2.22. The maximum absolute atomic E-state index is 12.7. The van der Waals surface area contributed by atoms with Gasteiger partial charge in [0.1, 0.15) is 0 Å². The SMILES string of the molecule is CC(C)N(CCCO)C(=O)c1cn[nH]c1-c1ccccc1. The van der Waals surface area contributed by atoms with Gasteiger partial charge in [0.2, 0.25) is 0 Å². The lowest BCUT2D eigenvalue weighted by Crippen LogP contribution is -2.38. The largest absolute Gasteiger partial charge is 0.396 e. The van der Waals surface area contributed by atoms with Crippen LogP contribution < -0.4 is 0 Å². The number of benzene rings is 1. The number of aliphatic hydroxyl groups is 1. The zero-order valence-electron chi connectivity index (χ0n) is 12.4. The summed E-state index contributed by atoms with van der Waals surface area (Å²) in [4.78, 5) is 14.5. The minimum Gasteiger partial charge on any atom is -0.396 e. The maximum atomic E-state index is 12.7. The molecule has 0 saturated carbocycles. The lowest BCUT2D eigenvalue weighted by atomic mass is 10.1. The number of amides is 1. The minimum absolute atomic E-state index is 0.0638. The molecule has 0 spiro atoms. The third-order valence-corrected chi connectivity index (χ3v) is 3.37. The quantitative estimate of drug-likeness (QED) is 0.856. The molecule has 2 aromatic rings. The van der Waals surface area contributed by atoms with Crippen LogP contribution in [0.1, 0.15) is 30.6 Å². The Balaban J connectivity index is 2.29. The van der Waals surface area contributed by atoms with Gasteiger partial charge in [-0.15, -0.1) is 0 Å². The van der Waals surface area contributed by atoms with Gasteiger partial charge < -0.3 is 10.0 Å². The Morgan fingerprint density at radius 3 is 2.67 bits per heavy atom. The second-order valence-electron chi connectivity index (χ2n) is 5.19. The van der Waals surface area contributed by atoms with E-state index in [1.165, 1.54) is 0 Å². The van der Waals surface area contributed by atoms with Gasteiger partial charge in [0.25, 0.3) is 5.91 Å². The number of nitrogens with one attached hydrogen (secondary N) is 1. The molecule has 0 aliphatic heterocycles. The fraction of sp³-hybridized carbons (Fsp3) is 0.375. The zero-order valence-corrected chi connectivity index (χ0v) is 12.4. The molecule has 2 N–H and O–H groups in total. The van der Waals surface area contributed by atoms with E-state index in [9.17, 15) is 4.79 Å². The molecule has 0 aliphatic rings. The van der Waals surface area contributed by atoms with E-state index in [1.807, 2.05) is 44.2 Å². The average Bonchev–Trinajstić information content (AvgIpc) is 2.97. The van der Waals surface area contributed by atoms with Gasteiger partial charge in [0.05, 0.1) is 17.5 Å². The van der Waals surface area contributed by atoms with Crippen LogP contribution in [-0.4, -0.2) is 45.3 Å². The van der Waals surface area contributed by atoms with Gasteiger partial charge in [0.15, 0.2) is 0 Å². The summed E-state index contributed by atoms with van der Waals surface area (Å²) in [6.07, 6.45) is 2.14. The van der Waals surface area contributed by atoms with Crippen LogP contribution in [0.3, 0.4) is 0 Å². The summed E-state index contributed by atoms with van der Waals surface area (Å²) in [5, 5.41) is 15.9. The Hall–Kier alpha value is -2.14. The average molecular weight is 287 g/mol. The molecule has 5 nitrogen and oxygen atoms in total. The van der Waals surface area contributed by atoms with Crippen molar-refractivity contribution in [3.63, 3.8) is 0 Å².